The van der Waals surface area contributed by atoms with Gasteiger partial charge in [-0.2, -0.15) is 0 Å². The molecule has 6 nitrogen and oxygen atoms in total. The number of carbonyl (C=O) groups is 1. The van der Waals surface area contributed by atoms with Crippen LogP contribution in [-0.2, 0) is 4.74 Å². The number of amides is 1. The summed E-state index contributed by atoms with van der Waals surface area (Å²) in [5.74, 6) is -0.485. The number of primary amides is 1. The van der Waals surface area contributed by atoms with Gasteiger partial charge in [-0.25, -0.2) is 0 Å². The Bertz CT molecular complexity index is 478. The minimum absolute atomic E-state index is 0.0115. The van der Waals surface area contributed by atoms with Crippen LogP contribution in [0.4, 0.5) is 11.4 Å². The average molecular weight is 265 g/mol. The van der Waals surface area contributed by atoms with E-state index in [0.717, 1.165) is 5.69 Å². The largest absolute Gasteiger partial charge is 0.397 e. The van der Waals surface area contributed by atoms with Gasteiger partial charge >= 0.3 is 0 Å². The van der Waals surface area contributed by atoms with Gasteiger partial charge in [0.2, 0.25) is 5.91 Å². The number of nitrogen functional groups attached to an aromatic ring is 1. The summed E-state index contributed by atoms with van der Waals surface area (Å²) in [6.07, 6.45) is -0.261. The topological polar surface area (TPSA) is 102 Å². The number of anilines is 2. The predicted octanol–water partition coefficient (Wildman–Crippen LogP) is -0.0463. The van der Waals surface area contributed by atoms with E-state index in [9.17, 15) is 9.90 Å². The Balaban J connectivity index is 2.29. The van der Waals surface area contributed by atoms with Crippen molar-refractivity contribution in [3.8, 4) is 0 Å². The maximum atomic E-state index is 11.2. The van der Waals surface area contributed by atoms with Crippen LogP contribution >= 0.6 is 0 Å². The van der Waals surface area contributed by atoms with E-state index < -0.39 is 5.91 Å². The molecule has 0 saturated carbocycles. The van der Waals surface area contributed by atoms with Gasteiger partial charge in [0, 0.05) is 18.7 Å². The molecule has 0 aliphatic carbocycles. The predicted molar refractivity (Wildman–Crippen MR) is 73.0 cm³/mol. The number of benzene rings is 1. The van der Waals surface area contributed by atoms with E-state index in [1.807, 2.05) is 11.8 Å². The van der Waals surface area contributed by atoms with E-state index in [2.05, 4.69) is 0 Å². The monoisotopic (exact) mass is 265 g/mol. The Kier molecular flexibility index (Phi) is 3.92. The van der Waals surface area contributed by atoms with Crippen LogP contribution in [0.3, 0.4) is 0 Å². The van der Waals surface area contributed by atoms with Gasteiger partial charge < -0.3 is 26.2 Å². The Hall–Kier alpha value is -1.79. The number of hydrogen-bond donors (Lipinski definition) is 3. The number of nitrogens with zero attached hydrogens (tertiary/aromatic N) is 1. The molecule has 0 spiro atoms. The van der Waals surface area contributed by atoms with Crippen molar-refractivity contribution in [3.05, 3.63) is 23.8 Å². The summed E-state index contributed by atoms with van der Waals surface area (Å²) in [7, 11) is 0. The highest BCUT2D eigenvalue weighted by Crippen LogP contribution is 2.27. The zero-order valence-corrected chi connectivity index (χ0v) is 10.9. The lowest BCUT2D eigenvalue weighted by atomic mass is 10.1. The standard InChI is InChI=1S/C13H19N3O3/c1-8-5-16(6-10(7-17)19-8)12-4-9(13(15)18)2-3-11(12)14/h2-4,8,10,17H,5-7,14H2,1H3,(H2,15,18). The first kappa shape index (κ1) is 13.6. The van der Waals surface area contributed by atoms with Crippen molar-refractivity contribution < 1.29 is 14.6 Å². The van der Waals surface area contributed by atoms with Crippen molar-refractivity contribution in [2.75, 3.05) is 30.3 Å². The molecular weight excluding hydrogens is 246 g/mol. The first-order valence-corrected chi connectivity index (χ1v) is 6.22. The van der Waals surface area contributed by atoms with E-state index in [1.165, 1.54) is 0 Å². The molecule has 5 N–H and O–H groups in total. The van der Waals surface area contributed by atoms with Gasteiger partial charge in [0.15, 0.2) is 0 Å². The molecule has 1 fully saturated rings. The number of aliphatic hydroxyl groups excluding tert-OH is 1. The lowest BCUT2D eigenvalue weighted by molar-refractivity contribution is -0.0420. The molecule has 1 heterocycles. The fourth-order valence-electron chi connectivity index (χ4n) is 2.31. The number of nitrogens with two attached hydrogens (primary N) is 2. The van der Waals surface area contributed by atoms with Crippen molar-refractivity contribution in [2.45, 2.75) is 19.1 Å². The van der Waals surface area contributed by atoms with E-state index in [-0.39, 0.29) is 18.8 Å². The zero-order valence-electron chi connectivity index (χ0n) is 10.9. The smallest absolute Gasteiger partial charge is 0.248 e. The average Bonchev–Trinajstić information content (AvgIpc) is 2.38. The normalized spacial score (nSPS) is 23.4. The molecule has 19 heavy (non-hydrogen) atoms. The first-order valence-electron chi connectivity index (χ1n) is 6.22. The molecule has 1 aliphatic rings. The maximum absolute atomic E-state index is 11.2. The summed E-state index contributed by atoms with van der Waals surface area (Å²) in [6.45, 7) is 3.08. The summed E-state index contributed by atoms with van der Waals surface area (Å²) in [5.41, 5.74) is 13.0. The molecule has 6 heteroatoms. The van der Waals surface area contributed by atoms with Gasteiger partial charge in [-0.05, 0) is 25.1 Å². The minimum Gasteiger partial charge on any atom is -0.397 e. The molecule has 2 rings (SSSR count). The lowest BCUT2D eigenvalue weighted by Gasteiger charge is -2.38. The van der Waals surface area contributed by atoms with Gasteiger partial charge in [-0.3, -0.25) is 4.79 Å². The highest BCUT2D eigenvalue weighted by atomic mass is 16.5. The number of rotatable bonds is 3. The highest BCUT2D eigenvalue weighted by molar-refractivity contribution is 5.95. The van der Waals surface area contributed by atoms with Gasteiger partial charge in [-0.1, -0.05) is 0 Å². The second kappa shape index (κ2) is 5.46. The van der Waals surface area contributed by atoms with Crippen LogP contribution in [0.2, 0.25) is 0 Å². The van der Waals surface area contributed by atoms with E-state index in [0.29, 0.717) is 24.3 Å². The second-order valence-corrected chi connectivity index (χ2v) is 4.79. The van der Waals surface area contributed by atoms with Crippen molar-refractivity contribution in [1.29, 1.82) is 0 Å². The van der Waals surface area contributed by atoms with Crippen molar-refractivity contribution in [1.82, 2.24) is 0 Å². The van der Waals surface area contributed by atoms with E-state index >= 15 is 0 Å². The molecule has 1 aromatic carbocycles. The van der Waals surface area contributed by atoms with Crippen molar-refractivity contribution in [3.63, 3.8) is 0 Å². The molecule has 2 atom stereocenters. The Morgan fingerprint density at radius 2 is 2.26 bits per heavy atom. The molecule has 1 amide bonds. The third kappa shape index (κ3) is 2.97. The van der Waals surface area contributed by atoms with Gasteiger partial charge in [-0.15, -0.1) is 0 Å². The molecule has 2 unspecified atom stereocenters. The van der Waals surface area contributed by atoms with Crippen LogP contribution in [0.5, 0.6) is 0 Å². The molecule has 0 aromatic heterocycles. The molecule has 1 saturated heterocycles. The van der Waals surface area contributed by atoms with Crippen LogP contribution in [0.25, 0.3) is 0 Å². The Morgan fingerprint density at radius 1 is 1.53 bits per heavy atom. The fraction of sp³-hybridized carbons (Fsp3) is 0.462. The maximum Gasteiger partial charge on any atom is 0.248 e. The second-order valence-electron chi connectivity index (χ2n) is 4.79. The molecule has 0 bridgehead atoms. The number of ether oxygens (including phenoxy) is 1. The Morgan fingerprint density at radius 3 is 2.89 bits per heavy atom. The van der Waals surface area contributed by atoms with Gasteiger partial charge in [0.25, 0.3) is 0 Å². The summed E-state index contributed by atoms with van der Waals surface area (Å²) in [5, 5.41) is 9.23. The SMILES string of the molecule is CC1CN(c2cc(C(N)=O)ccc2N)CC(CO)O1. The van der Waals surface area contributed by atoms with Crippen LogP contribution in [0, 0.1) is 0 Å². The molecular formula is C13H19N3O3. The third-order valence-electron chi connectivity index (χ3n) is 3.19. The fourth-order valence-corrected chi connectivity index (χ4v) is 2.31. The molecule has 104 valence electrons. The highest BCUT2D eigenvalue weighted by Gasteiger charge is 2.26. The van der Waals surface area contributed by atoms with Crippen LogP contribution in [0.15, 0.2) is 18.2 Å². The van der Waals surface area contributed by atoms with Crippen LogP contribution < -0.4 is 16.4 Å². The van der Waals surface area contributed by atoms with Crippen molar-refractivity contribution in [2.24, 2.45) is 5.73 Å². The number of aliphatic hydroxyl groups is 1. The summed E-state index contributed by atoms with van der Waals surface area (Å²) >= 11 is 0. The molecule has 1 aromatic rings. The lowest BCUT2D eigenvalue weighted by Crippen LogP contribution is -2.48. The zero-order chi connectivity index (χ0) is 14.0. The quantitative estimate of drug-likeness (QED) is 0.665. The van der Waals surface area contributed by atoms with Gasteiger partial charge in [0.05, 0.1) is 30.2 Å². The summed E-state index contributed by atoms with van der Waals surface area (Å²) < 4.78 is 5.58. The summed E-state index contributed by atoms with van der Waals surface area (Å²) in [4.78, 5) is 13.2. The Labute approximate surface area is 111 Å². The molecule has 1 aliphatic heterocycles. The van der Waals surface area contributed by atoms with Gasteiger partial charge in [0.1, 0.15) is 0 Å². The van der Waals surface area contributed by atoms with Crippen LogP contribution in [0.1, 0.15) is 17.3 Å². The van der Waals surface area contributed by atoms with E-state index in [4.69, 9.17) is 16.2 Å². The van der Waals surface area contributed by atoms with E-state index in [1.54, 1.807) is 18.2 Å². The number of hydrogen-bond acceptors (Lipinski definition) is 5. The number of morpholine rings is 1. The number of carbonyl (C=O) groups excluding carboxylic acids is 1. The van der Waals surface area contributed by atoms with Crippen LogP contribution in [-0.4, -0.2) is 42.9 Å². The minimum atomic E-state index is -0.485. The first-order chi connectivity index (χ1) is 9.01. The van der Waals surface area contributed by atoms with Crippen molar-refractivity contribution >= 4 is 17.3 Å². The summed E-state index contributed by atoms with van der Waals surface area (Å²) in [6, 6.07) is 4.96. The third-order valence-corrected chi connectivity index (χ3v) is 3.19. The molecule has 0 radical (unpaired) electrons.